The number of rotatable bonds is 3. The van der Waals surface area contributed by atoms with Crippen LogP contribution in [0.2, 0.25) is 0 Å². The molecule has 0 unspecified atom stereocenters. The van der Waals surface area contributed by atoms with Crippen molar-refractivity contribution in [3.05, 3.63) is 48.9 Å². The van der Waals surface area contributed by atoms with Crippen molar-refractivity contribution in [2.75, 3.05) is 11.0 Å². The molecular weight excluding hydrogens is 288 g/mol. The monoisotopic (exact) mass is 300 g/mol. The number of fused-ring (bicyclic) bond motifs is 1. The summed E-state index contributed by atoms with van der Waals surface area (Å²) in [5.41, 5.74) is 3.15. The number of hydrogen-bond donors (Lipinski definition) is 1. The zero-order valence-corrected chi connectivity index (χ0v) is 12.0. The smallest absolute Gasteiger partial charge is 0.230 e. The molecule has 1 N–H and O–H groups in total. The molecule has 0 fully saturated rings. The van der Waals surface area contributed by atoms with Gasteiger partial charge in [-0.15, -0.1) is 0 Å². The summed E-state index contributed by atoms with van der Waals surface area (Å²) < 4.78 is 25.0. The third-order valence-corrected chi connectivity index (χ3v) is 3.45. The summed E-state index contributed by atoms with van der Waals surface area (Å²) in [5.74, 6) is 0.272. The van der Waals surface area contributed by atoms with Crippen LogP contribution in [0.4, 0.5) is 5.82 Å². The Morgan fingerprint density at radius 3 is 2.48 bits per heavy atom. The lowest BCUT2D eigenvalue weighted by Gasteiger charge is -2.08. The molecule has 0 spiro atoms. The van der Waals surface area contributed by atoms with Gasteiger partial charge in [0.25, 0.3) is 0 Å². The second-order valence-electron chi connectivity index (χ2n) is 4.53. The average Bonchev–Trinajstić information content (AvgIpc) is 2.46. The molecular formula is C14H12N4O2S. The van der Waals surface area contributed by atoms with Crippen LogP contribution in [-0.4, -0.2) is 29.6 Å². The van der Waals surface area contributed by atoms with E-state index in [9.17, 15) is 8.42 Å². The number of pyridine rings is 3. The molecule has 0 aliphatic heterocycles. The number of hydrogen-bond acceptors (Lipinski definition) is 5. The number of sulfonamides is 1. The number of aromatic nitrogens is 3. The van der Waals surface area contributed by atoms with Crippen LogP contribution < -0.4 is 4.72 Å². The van der Waals surface area contributed by atoms with Gasteiger partial charge in [-0.1, -0.05) is 0 Å². The normalized spacial score (nSPS) is 11.5. The van der Waals surface area contributed by atoms with Crippen LogP contribution in [-0.2, 0) is 10.0 Å². The zero-order valence-electron chi connectivity index (χ0n) is 11.2. The van der Waals surface area contributed by atoms with Crippen LogP contribution in [0.15, 0.2) is 48.9 Å². The topological polar surface area (TPSA) is 84.8 Å². The Kier molecular flexibility index (Phi) is 3.26. The summed E-state index contributed by atoms with van der Waals surface area (Å²) in [6.45, 7) is 0. The highest BCUT2D eigenvalue weighted by atomic mass is 32.2. The largest absolute Gasteiger partial charge is 0.268 e. The Labute approximate surface area is 122 Å². The van der Waals surface area contributed by atoms with E-state index in [0.29, 0.717) is 11.0 Å². The molecule has 6 nitrogen and oxygen atoms in total. The maximum atomic E-state index is 11.3. The van der Waals surface area contributed by atoms with Gasteiger partial charge in [-0.2, -0.15) is 0 Å². The van der Waals surface area contributed by atoms with Crippen molar-refractivity contribution in [2.45, 2.75) is 0 Å². The van der Waals surface area contributed by atoms with Gasteiger partial charge in [0, 0.05) is 24.2 Å². The molecule has 106 valence electrons. The van der Waals surface area contributed by atoms with E-state index >= 15 is 0 Å². The Morgan fingerprint density at radius 2 is 1.76 bits per heavy atom. The van der Waals surface area contributed by atoms with Crippen LogP contribution >= 0.6 is 0 Å². The van der Waals surface area contributed by atoms with E-state index in [1.165, 1.54) is 0 Å². The minimum atomic E-state index is -3.37. The Hall–Kier alpha value is -2.54. The lowest BCUT2D eigenvalue weighted by Crippen LogP contribution is -2.10. The Morgan fingerprint density at radius 1 is 1.00 bits per heavy atom. The molecule has 3 aromatic heterocycles. The Bertz CT molecular complexity index is 895. The van der Waals surface area contributed by atoms with Crippen molar-refractivity contribution in [2.24, 2.45) is 0 Å². The second-order valence-corrected chi connectivity index (χ2v) is 6.28. The number of anilines is 1. The third kappa shape index (κ3) is 2.97. The van der Waals surface area contributed by atoms with Gasteiger partial charge in [-0.05, 0) is 35.9 Å². The molecule has 0 aromatic carbocycles. The van der Waals surface area contributed by atoms with E-state index in [1.54, 1.807) is 30.7 Å². The molecule has 21 heavy (non-hydrogen) atoms. The van der Waals surface area contributed by atoms with Gasteiger partial charge in [0.1, 0.15) is 5.82 Å². The predicted molar refractivity (Wildman–Crippen MR) is 81.2 cm³/mol. The van der Waals surface area contributed by atoms with Crippen molar-refractivity contribution in [3.8, 4) is 11.1 Å². The first-order valence-electron chi connectivity index (χ1n) is 6.17. The SMILES string of the molecule is CS(=O)(=O)Nc1ccc2nccc(-c3ccncc3)c2n1. The molecule has 0 radical (unpaired) electrons. The lowest BCUT2D eigenvalue weighted by atomic mass is 10.1. The van der Waals surface area contributed by atoms with Crippen LogP contribution in [0, 0.1) is 0 Å². The van der Waals surface area contributed by atoms with E-state index in [-0.39, 0.29) is 5.82 Å². The van der Waals surface area contributed by atoms with E-state index in [4.69, 9.17) is 0 Å². The third-order valence-electron chi connectivity index (χ3n) is 2.87. The van der Waals surface area contributed by atoms with Crippen molar-refractivity contribution in [3.63, 3.8) is 0 Å². The predicted octanol–water partition coefficient (Wildman–Crippen LogP) is 2.06. The fourth-order valence-corrected chi connectivity index (χ4v) is 2.53. The van der Waals surface area contributed by atoms with Gasteiger partial charge in [-0.3, -0.25) is 14.7 Å². The van der Waals surface area contributed by atoms with Crippen molar-refractivity contribution in [1.82, 2.24) is 15.0 Å². The maximum Gasteiger partial charge on any atom is 0.230 e. The van der Waals surface area contributed by atoms with E-state index in [1.807, 2.05) is 18.2 Å². The minimum Gasteiger partial charge on any atom is -0.268 e. The molecule has 0 bridgehead atoms. The first kappa shape index (κ1) is 13.4. The van der Waals surface area contributed by atoms with E-state index in [2.05, 4.69) is 19.7 Å². The first-order valence-corrected chi connectivity index (χ1v) is 8.06. The Balaban J connectivity index is 2.19. The summed E-state index contributed by atoms with van der Waals surface area (Å²) in [5, 5.41) is 0. The highest BCUT2D eigenvalue weighted by Gasteiger charge is 2.09. The van der Waals surface area contributed by atoms with Gasteiger partial charge in [0.05, 0.1) is 17.3 Å². The van der Waals surface area contributed by atoms with Gasteiger partial charge in [0.15, 0.2) is 0 Å². The zero-order chi connectivity index (χ0) is 14.9. The highest BCUT2D eigenvalue weighted by molar-refractivity contribution is 7.92. The van der Waals surface area contributed by atoms with Gasteiger partial charge in [0.2, 0.25) is 10.0 Å². The number of nitrogens with one attached hydrogen (secondary N) is 1. The van der Waals surface area contributed by atoms with Crippen LogP contribution in [0.1, 0.15) is 0 Å². The molecule has 0 saturated carbocycles. The summed E-state index contributed by atoms with van der Waals surface area (Å²) in [6, 6.07) is 8.91. The second kappa shape index (κ2) is 5.10. The molecule has 0 aliphatic rings. The molecule has 3 aromatic rings. The maximum absolute atomic E-state index is 11.3. The average molecular weight is 300 g/mol. The molecule has 7 heteroatoms. The molecule has 0 aliphatic carbocycles. The van der Waals surface area contributed by atoms with E-state index < -0.39 is 10.0 Å². The van der Waals surface area contributed by atoms with Crippen molar-refractivity contribution in [1.29, 1.82) is 0 Å². The van der Waals surface area contributed by atoms with Crippen LogP contribution in [0.3, 0.4) is 0 Å². The highest BCUT2D eigenvalue weighted by Crippen LogP contribution is 2.26. The summed E-state index contributed by atoms with van der Waals surface area (Å²) in [4.78, 5) is 12.6. The summed E-state index contributed by atoms with van der Waals surface area (Å²) in [6.07, 6.45) is 6.18. The first-order chi connectivity index (χ1) is 10.0. The quantitative estimate of drug-likeness (QED) is 0.800. The molecule has 0 atom stereocenters. The fourth-order valence-electron chi connectivity index (χ4n) is 2.04. The molecule has 0 amide bonds. The van der Waals surface area contributed by atoms with Gasteiger partial charge >= 0.3 is 0 Å². The van der Waals surface area contributed by atoms with Crippen LogP contribution in [0.5, 0.6) is 0 Å². The minimum absolute atomic E-state index is 0.272. The van der Waals surface area contributed by atoms with E-state index in [0.717, 1.165) is 17.4 Å². The summed E-state index contributed by atoms with van der Waals surface area (Å²) >= 11 is 0. The fraction of sp³-hybridized carbons (Fsp3) is 0.0714. The van der Waals surface area contributed by atoms with Crippen molar-refractivity contribution >= 4 is 26.9 Å². The number of nitrogens with zero attached hydrogens (tertiary/aromatic N) is 3. The molecule has 3 heterocycles. The molecule has 0 saturated heterocycles. The van der Waals surface area contributed by atoms with Crippen molar-refractivity contribution < 1.29 is 8.42 Å². The molecule has 3 rings (SSSR count). The van der Waals surface area contributed by atoms with Gasteiger partial charge < -0.3 is 0 Å². The summed E-state index contributed by atoms with van der Waals surface area (Å²) in [7, 11) is -3.37. The van der Waals surface area contributed by atoms with Crippen LogP contribution in [0.25, 0.3) is 22.2 Å². The lowest BCUT2D eigenvalue weighted by molar-refractivity contribution is 0.606. The standard InChI is InChI=1S/C14H12N4O2S/c1-21(19,20)18-13-3-2-12-14(17-13)11(6-9-16-12)10-4-7-15-8-5-10/h2-9H,1H3,(H,17,18). The van der Waals surface area contributed by atoms with Gasteiger partial charge in [-0.25, -0.2) is 13.4 Å².